The Balaban J connectivity index is 1.20. The summed E-state index contributed by atoms with van der Waals surface area (Å²) in [5.41, 5.74) is 1.31. The van der Waals surface area contributed by atoms with Gasteiger partial charge in [0.2, 0.25) is 11.7 Å². The Morgan fingerprint density at radius 1 is 1.10 bits per heavy atom. The van der Waals surface area contributed by atoms with E-state index in [0.717, 1.165) is 24.6 Å². The highest BCUT2D eigenvalue weighted by atomic mass is 19.4. The van der Waals surface area contributed by atoms with Gasteiger partial charge < -0.3 is 24.1 Å². The van der Waals surface area contributed by atoms with Crippen LogP contribution >= 0.6 is 0 Å². The fourth-order valence-electron chi connectivity index (χ4n) is 4.39. The molecule has 6 rings (SSSR count). The highest BCUT2D eigenvalue weighted by Gasteiger charge is 2.28. The van der Waals surface area contributed by atoms with Gasteiger partial charge in [-0.05, 0) is 37.5 Å². The van der Waals surface area contributed by atoms with Crippen LogP contribution in [-0.4, -0.2) is 61.5 Å². The Morgan fingerprint density at radius 3 is 2.71 bits per heavy atom. The van der Waals surface area contributed by atoms with E-state index in [2.05, 4.69) is 25.4 Å². The Hall–Kier alpha value is -4.63. The predicted octanol–water partition coefficient (Wildman–Crippen LogP) is 4.24. The molecule has 0 bridgehead atoms. The number of ether oxygens (including phenoxy) is 3. The number of aromatic nitrogens is 6. The highest BCUT2D eigenvalue weighted by Crippen LogP contribution is 2.29. The van der Waals surface area contributed by atoms with Crippen LogP contribution in [0.4, 0.5) is 13.2 Å². The number of alkyl halides is 3. The molecule has 0 spiro atoms. The second kappa shape index (κ2) is 11.7. The zero-order valence-corrected chi connectivity index (χ0v) is 22.0. The maximum atomic E-state index is 12.4. The molecule has 1 fully saturated rings. The third-order valence-corrected chi connectivity index (χ3v) is 6.46. The molecule has 0 aliphatic carbocycles. The molecule has 5 aromatic rings. The van der Waals surface area contributed by atoms with Crippen LogP contribution < -0.4 is 10.1 Å². The van der Waals surface area contributed by atoms with E-state index >= 15 is 0 Å². The summed E-state index contributed by atoms with van der Waals surface area (Å²) in [6.07, 6.45) is -0.699. The average molecular weight is 584 g/mol. The van der Waals surface area contributed by atoms with E-state index in [4.69, 9.17) is 18.7 Å². The minimum absolute atomic E-state index is 0.00854. The zero-order chi connectivity index (χ0) is 29.1. The molecule has 15 heteroatoms. The second-order valence-electron chi connectivity index (χ2n) is 9.52. The van der Waals surface area contributed by atoms with Crippen LogP contribution in [0.2, 0.25) is 0 Å². The van der Waals surface area contributed by atoms with Crippen molar-refractivity contribution in [3.8, 4) is 17.4 Å². The lowest BCUT2D eigenvalue weighted by Crippen LogP contribution is -2.33. The third-order valence-electron chi connectivity index (χ3n) is 6.46. The number of hydrogen-bond acceptors (Lipinski definition) is 10. The summed E-state index contributed by atoms with van der Waals surface area (Å²) >= 11 is 0. The summed E-state index contributed by atoms with van der Waals surface area (Å²) in [6, 6.07) is 11.9. The first-order valence-corrected chi connectivity index (χ1v) is 13.1. The first kappa shape index (κ1) is 27.5. The maximum Gasteiger partial charge on any atom is 0.405 e. The number of nitrogens with one attached hydrogen (secondary N) is 1. The molecule has 1 N–H and O–H groups in total. The van der Waals surface area contributed by atoms with Crippen LogP contribution in [-0.2, 0) is 22.7 Å². The van der Waals surface area contributed by atoms with Crippen LogP contribution in [0.1, 0.15) is 41.1 Å². The van der Waals surface area contributed by atoms with Crippen molar-refractivity contribution in [2.24, 2.45) is 0 Å². The largest absolute Gasteiger partial charge is 0.470 e. The van der Waals surface area contributed by atoms with Crippen molar-refractivity contribution < 1.29 is 36.7 Å². The summed E-state index contributed by atoms with van der Waals surface area (Å²) in [5.74, 6) is 0.205. The number of benzene rings is 1. The molecule has 1 unspecified atom stereocenters. The first-order chi connectivity index (χ1) is 20.3. The quantitative estimate of drug-likeness (QED) is 0.268. The molecule has 0 radical (unpaired) electrons. The van der Waals surface area contributed by atoms with Crippen molar-refractivity contribution in [2.45, 2.75) is 44.9 Å². The molecule has 1 amide bonds. The smallest absolute Gasteiger partial charge is 0.405 e. The lowest BCUT2D eigenvalue weighted by Gasteiger charge is -2.21. The van der Waals surface area contributed by atoms with Crippen LogP contribution in [0.3, 0.4) is 0 Å². The highest BCUT2D eigenvalue weighted by molar-refractivity contribution is 5.97. The van der Waals surface area contributed by atoms with Gasteiger partial charge >= 0.3 is 6.18 Å². The van der Waals surface area contributed by atoms with Gasteiger partial charge in [0, 0.05) is 29.6 Å². The van der Waals surface area contributed by atoms with Gasteiger partial charge in [0.1, 0.15) is 19.8 Å². The van der Waals surface area contributed by atoms with E-state index in [-0.39, 0.29) is 30.9 Å². The summed E-state index contributed by atoms with van der Waals surface area (Å²) in [5, 5.41) is 20.5. The predicted molar refractivity (Wildman–Crippen MR) is 139 cm³/mol. The minimum Gasteiger partial charge on any atom is -0.470 e. The van der Waals surface area contributed by atoms with Crippen LogP contribution in [0.5, 0.6) is 5.88 Å². The standard InChI is InChI=1S/C27H24F3N7O5/c28-27(29,30)15-32-25(38)16-8-9-17(31-12-16)13-41-26-20-6-2-1-5-19(20)23-33-34-24(37(23)35-26)21-11-18(42-36-21)14-40-22-7-3-4-10-39-22/h1-2,5-6,8-9,11-12,22H,3-4,7,10,13-15H2,(H,32,38). The van der Waals surface area contributed by atoms with Crippen LogP contribution in [0.15, 0.2) is 53.2 Å². The van der Waals surface area contributed by atoms with Gasteiger partial charge in [-0.1, -0.05) is 23.4 Å². The Labute approximate surface area is 235 Å². The molecule has 1 aliphatic heterocycles. The van der Waals surface area contributed by atoms with Gasteiger partial charge in [0.25, 0.3) is 5.91 Å². The van der Waals surface area contributed by atoms with Gasteiger partial charge in [-0.2, -0.15) is 17.7 Å². The molecule has 1 atom stereocenters. The maximum absolute atomic E-state index is 12.4. The molecule has 4 aromatic heterocycles. The lowest BCUT2D eigenvalue weighted by molar-refractivity contribution is -0.171. The molecule has 1 aliphatic rings. The fraction of sp³-hybridized carbons (Fsp3) is 0.333. The van der Waals surface area contributed by atoms with Crippen molar-refractivity contribution in [3.63, 3.8) is 0 Å². The van der Waals surface area contributed by atoms with Crippen LogP contribution in [0, 0.1) is 0 Å². The number of halogens is 3. The third kappa shape index (κ3) is 6.16. The summed E-state index contributed by atoms with van der Waals surface area (Å²) in [6.45, 7) is -0.595. The zero-order valence-electron chi connectivity index (χ0n) is 22.0. The molecule has 12 nitrogen and oxygen atoms in total. The first-order valence-electron chi connectivity index (χ1n) is 13.1. The SMILES string of the molecule is O=C(NCC(F)(F)F)c1ccc(COc2nn3c(-c4cc(COC5CCCCO5)on4)nnc3c3ccccc23)nc1. The van der Waals surface area contributed by atoms with E-state index in [0.29, 0.717) is 40.6 Å². The average Bonchev–Trinajstić information content (AvgIpc) is 3.65. The van der Waals surface area contributed by atoms with Crippen molar-refractivity contribution in [3.05, 3.63) is 65.7 Å². The van der Waals surface area contributed by atoms with Crippen molar-refractivity contribution in [2.75, 3.05) is 13.2 Å². The Kier molecular flexibility index (Phi) is 7.67. The second-order valence-corrected chi connectivity index (χ2v) is 9.52. The van der Waals surface area contributed by atoms with E-state index < -0.39 is 18.6 Å². The number of carbonyl (C=O) groups is 1. The fourth-order valence-corrected chi connectivity index (χ4v) is 4.39. The van der Waals surface area contributed by atoms with Gasteiger partial charge in [-0.25, -0.2) is 0 Å². The molecule has 0 saturated carbocycles. The number of carbonyl (C=O) groups excluding carboxylic acids is 1. The molecular formula is C27H24F3N7O5. The van der Waals surface area contributed by atoms with Gasteiger partial charge in [-0.15, -0.1) is 15.3 Å². The molecule has 5 heterocycles. The normalized spacial score (nSPS) is 15.7. The van der Waals surface area contributed by atoms with E-state index in [9.17, 15) is 18.0 Å². The van der Waals surface area contributed by atoms with Crippen molar-refractivity contribution in [1.29, 1.82) is 0 Å². The van der Waals surface area contributed by atoms with Crippen LogP contribution in [0.25, 0.3) is 27.9 Å². The molecule has 218 valence electrons. The number of rotatable bonds is 9. The summed E-state index contributed by atoms with van der Waals surface area (Å²) < 4.78 is 61.5. The Morgan fingerprint density at radius 2 is 1.95 bits per heavy atom. The molecule has 1 aromatic carbocycles. The lowest BCUT2D eigenvalue weighted by atomic mass is 10.2. The molecule has 1 saturated heterocycles. The van der Waals surface area contributed by atoms with E-state index in [1.807, 2.05) is 29.6 Å². The number of amides is 1. The van der Waals surface area contributed by atoms with Gasteiger partial charge in [0.15, 0.2) is 23.4 Å². The topological polar surface area (TPSA) is 139 Å². The molecule has 42 heavy (non-hydrogen) atoms. The summed E-state index contributed by atoms with van der Waals surface area (Å²) in [7, 11) is 0. The number of fused-ring (bicyclic) bond motifs is 3. The van der Waals surface area contributed by atoms with Crippen molar-refractivity contribution >= 4 is 22.3 Å². The van der Waals surface area contributed by atoms with Gasteiger partial charge in [-0.3, -0.25) is 9.78 Å². The number of pyridine rings is 1. The van der Waals surface area contributed by atoms with Gasteiger partial charge in [0.05, 0.1) is 11.3 Å². The summed E-state index contributed by atoms with van der Waals surface area (Å²) in [4.78, 5) is 16.1. The van der Waals surface area contributed by atoms with E-state index in [1.165, 1.54) is 22.8 Å². The number of nitrogens with zero attached hydrogens (tertiary/aromatic N) is 6. The monoisotopic (exact) mass is 583 g/mol. The minimum atomic E-state index is -4.51. The number of hydrogen-bond donors (Lipinski definition) is 1. The van der Waals surface area contributed by atoms with Crippen molar-refractivity contribution in [1.82, 2.24) is 35.3 Å². The Bertz CT molecular complexity index is 1700. The molecular weight excluding hydrogens is 559 g/mol. The van der Waals surface area contributed by atoms with E-state index in [1.54, 1.807) is 6.07 Å².